The molecule has 1 aromatic rings. The summed E-state index contributed by atoms with van der Waals surface area (Å²) >= 11 is 0. The van der Waals surface area contributed by atoms with Gasteiger partial charge in [0.2, 0.25) is 0 Å². The molecule has 0 aliphatic heterocycles. The summed E-state index contributed by atoms with van der Waals surface area (Å²) in [7, 11) is 1.69. The van der Waals surface area contributed by atoms with Crippen molar-refractivity contribution in [2.75, 3.05) is 7.11 Å². The zero-order chi connectivity index (χ0) is 13.9. The van der Waals surface area contributed by atoms with E-state index in [0.29, 0.717) is 5.92 Å². The molecule has 0 aromatic heterocycles. The summed E-state index contributed by atoms with van der Waals surface area (Å²) in [6.45, 7) is 6.68. The van der Waals surface area contributed by atoms with Crippen LogP contribution in [0.25, 0.3) is 0 Å². The van der Waals surface area contributed by atoms with Gasteiger partial charge in [0.25, 0.3) is 0 Å². The molecule has 2 aliphatic rings. The van der Waals surface area contributed by atoms with Gasteiger partial charge in [-0.2, -0.15) is 0 Å². The van der Waals surface area contributed by atoms with Crippen LogP contribution in [0.15, 0.2) is 24.3 Å². The van der Waals surface area contributed by atoms with Crippen LogP contribution < -0.4 is 4.74 Å². The summed E-state index contributed by atoms with van der Waals surface area (Å²) in [5.41, 5.74) is 0.0344. The highest BCUT2D eigenvalue weighted by Crippen LogP contribution is 2.72. The van der Waals surface area contributed by atoms with E-state index in [4.69, 9.17) is 4.74 Å². The molecule has 0 unspecified atom stereocenters. The Balaban J connectivity index is 2.22. The number of para-hydroxylation sites is 1. The Morgan fingerprint density at radius 3 is 2.47 bits per heavy atom. The summed E-state index contributed by atoms with van der Waals surface area (Å²) < 4.78 is 5.51. The zero-order valence-electron chi connectivity index (χ0n) is 12.4. The van der Waals surface area contributed by atoms with Gasteiger partial charge < -0.3 is 9.84 Å². The number of hydrogen-bond donors (Lipinski definition) is 1. The zero-order valence-corrected chi connectivity index (χ0v) is 12.4. The van der Waals surface area contributed by atoms with E-state index in [9.17, 15) is 5.11 Å². The van der Waals surface area contributed by atoms with E-state index in [-0.39, 0.29) is 10.8 Å². The van der Waals surface area contributed by atoms with E-state index in [1.165, 1.54) is 6.42 Å². The van der Waals surface area contributed by atoms with Crippen molar-refractivity contribution in [3.8, 4) is 5.75 Å². The number of rotatable bonds is 2. The van der Waals surface area contributed by atoms with Gasteiger partial charge in [-0.15, -0.1) is 0 Å². The quantitative estimate of drug-likeness (QED) is 0.878. The lowest BCUT2D eigenvalue weighted by Crippen LogP contribution is -2.51. The molecule has 1 N–H and O–H groups in total. The molecule has 0 saturated heterocycles. The van der Waals surface area contributed by atoms with Gasteiger partial charge in [-0.1, -0.05) is 39.0 Å². The molecule has 19 heavy (non-hydrogen) atoms. The van der Waals surface area contributed by atoms with Crippen molar-refractivity contribution in [3.63, 3.8) is 0 Å². The van der Waals surface area contributed by atoms with Crippen LogP contribution in [0.4, 0.5) is 0 Å². The molecule has 0 heterocycles. The van der Waals surface area contributed by atoms with Crippen molar-refractivity contribution in [2.24, 2.45) is 16.7 Å². The summed E-state index contributed by atoms with van der Waals surface area (Å²) in [4.78, 5) is 0. The number of benzene rings is 1. The number of ether oxygens (including phenoxy) is 1. The van der Waals surface area contributed by atoms with Gasteiger partial charge in [0.05, 0.1) is 7.11 Å². The molecule has 2 saturated carbocycles. The predicted octanol–water partition coefficient (Wildman–Crippen LogP) is 3.73. The molecular weight excluding hydrogens is 236 g/mol. The van der Waals surface area contributed by atoms with Crippen LogP contribution in [0.3, 0.4) is 0 Å². The molecule has 0 radical (unpaired) electrons. The SMILES string of the molecule is COc1ccccc1[C@@]1(O)C(C)(C)[C@H]2CC[C@]1(C)C2. The molecule has 0 spiro atoms. The minimum Gasteiger partial charge on any atom is -0.496 e. The van der Waals surface area contributed by atoms with E-state index >= 15 is 0 Å². The number of fused-ring (bicyclic) bond motifs is 2. The smallest absolute Gasteiger partial charge is 0.124 e. The van der Waals surface area contributed by atoms with E-state index in [1.807, 2.05) is 24.3 Å². The Kier molecular flexibility index (Phi) is 2.57. The van der Waals surface area contributed by atoms with Gasteiger partial charge in [-0.25, -0.2) is 0 Å². The van der Waals surface area contributed by atoms with Crippen LogP contribution in [0, 0.1) is 16.7 Å². The highest BCUT2D eigenvalue weighted by molar-refractivity contribution is 5.43. The van der Waals surface area contributed by atoms with Crippen LogP contribution in [-0.4, -0.2) is 12.2 Å². The number of hydrogen-bond acceptors (Lipinski definition) is 2. The monoisotopic (exact) mass is 260 g/mol. The molecule has 2 aliphatic carbocycles. The summed E-state index contributed by atoms with van der Waals surface area (Å²) in [6, 6.07) is 7.96. The van der Waals surface area contributed by atoms with Crippen molar-refractivity contribution in [1.29, 1.82) is 0 Å². The number of methoxy groups -OCH3 is 1. The summed E-state index contributed by atoms with van der Waals surface area (Å²) in [5.74, 6) is 1.42. The normalized spacial score (nSPS) is 39.5. The fourth-order valence-electron chi connectivity index (χ4n) is 4.87. The van der Waals surface area contributed by atoms with Crippen molar-refractivity contribution in [2.45, 2.75) is 45.6 Å². The molecule has 3 rings (SSSR count). The lowest BCUT2D eigenvalue weighted by atomic mass is 9.57. The second-order valence-corrected chi connectivity index (χ2v) is 7.13. The van der Waals surface area contributed by atoms with E-state index in [1.54, 1.807) is 7.11 Å². The first-order valence-corrected chi connectivity index (χ1v) is 7.23. The van der Waals surface area contributed by atoms with E-state index < -0.39 is 5.60 Å². The van der Waals surface area contributed by atoms with Gasteiger partial charge in [-0.3, -0.25) is 0 Å². The average Bonchev–Trinajstić information content (AvgIpc) is 2.86. The lowest BCUT2D eigenvalue weighted by molar-refractivity contribution is -0.151. The molecule has 2 heteroatoms. The Hall–Kier alpha value is -1.02. The van der Waals surface area contributed by atoms with Crippen LogP contribution in [0.2, 0.25) is 0 Å². The fraction of sp³-hybridized carbons (Fsp3) is 0.647. The van der Waals surface area contributed by atoms with Crippen LogP contribution in [0.1, 0.15) is 45.6 Å². The maximum atomic E-state index is 11.7. The Labute approximate surface area is 115 Å². The molecule has 104 valence electrons. The third-order valence-electron chi connectivity index (χ3n) is 6.06. The van der Waals surface area contributed by atoms with Gasteiger partial charge in [0.15, 0.2) is 0 Å². The third-order valence-corrected chi connectivity index (χ3v) is 6.06. The van der Waals surface area contributed by atoms with Crippen LogP contribution in [-0.2, 0) is 5.60 Å². The predicted molar refractivity (Wildman–Crippen MR) is 76.1 cm³/mol. The molecular formula is C17H24O2. The largest absolute Gasteiger partial charge is 0.496 e. The maximum absolute atomic E-state index is 11.7. The van der Waals surface area contributed by atoms with Crippen molar-refractivity contribution < 1.29 is 9.84 Å². The topological polar surface area (TPSA) is 29.5 Å². The van der Waals surface area contributed by atoms with Gasteiger partial charge >= 0.3 is 0 Å². The second kappa shape index (κ2) is 3.76. The standard InChI is InChI=1S/C17H24O2/c1-15(2)12-9-10-16(3,11-12)17(15,18)13-7-5-6-8-14(13)19-4/h5-8,12,18H,9-11H2,1-4H3/t12-,16+,17+/m0/s1. The molecule has 3 atom stereocenters. The highest BCUT2D eigenvalue weighted by Gasteiger charge is 2.69. The van der Waals surface area contributed by atoms with Gasteiger partial charge in [0.1, 0.15) is 11.4 Å². The number of aliphatic hydroxyl groups is 1. The molecule has 0 amide bonds. The highest BCUT2D eigenvalue weighted by atomic mass is 16.5. The first-order valence-electron chi connectivity index (χ1n) is 7.23. The second-order valence-electron chi connectivity index (χ2n) is 7.13. The Morgan fingerprint density at radius 2 is 1.89 bits per heavy atom. The summed E-state index contributed by atoms with van der Waals surface area (Å²) in [6.07, 6.45) is 3.46. The maximum Gasteiger partial charge on any atom is 0.124 e. The van der Waals surface area contributed by atoms with Crippen LogP contribution in [0.5, 0.6) is 5.75 Å². The van der Waals surface area contributed by atoms with Crippen molar-refractivity contribution >= 4 is 0 Å². The van der Waals surface area contributed by atoms with E-state index in [2.05, 4.69) is 20.8 Å². The Bertz CT molecular complexity index is 501. The lowest BCUT2D eigenvalue weighted by Gasteiger charge is -2.51. The first kappa shape index (κ1) is 13.0. The minimum absolute atomic E-state index is 0.0319. The Morgan fingerprint density at radius 1 is 1.21 bits per heavy atom. The van der Waals surface area contributed by atoms with Crippen molar-refractivity contribution in [1.82, 2.24) is 0 Å². The fourth-order valence-corrected chi connectivity index (χ4v) is 4.87. The third kappa shape index (κ3) is 1.36. The van der Waals surface area contributed by atoms with Gasteiger partial charge in [0, 0.05) is 16.4 Å². The molecule has 2 bridgehead atoms. The molecule has 2 nitrogen and oxygen atoms in total. The van der Waals surface area contributed by atoms with Crippen LogP contribution >= 0.6 is 0 Å². The van der Waals surface area contributed by atoms with E-state index in [0.717, 1.165) is 24.2 Å². The summed E-state index contributed by atoms with van der Waals surface area (Å²) in [5, 5.41) is 11.7. The minimum atomic E-state index is -0.796. The molecule has 1 aromatic carbocycles. The first-order chi connectivity index (χ1) is 8.87. The van der Waals surface area contributed by atoms with Gasteiger partial charge in [-0.05, 0) is 31.2 Å². The molecule has 2 fully saturated rings. The average molecular weight is 260 g/mol. The van der Waals surface area contributed by atoms with Crippen molar-refractivity contribution in [3.05, 3.63) is 29.8 Å².